The molecular formula is C18H16F3NO4S2. The summed E-state index contributed by atoms with van der Waals surface area (Å²) in [5.41, 5.74) is -1.98. The second-order valence-corrected chi connectivity index (χ2v) is 9.75. The quantitative estimate of drug-likeness (QED) is 0.729. The summed E-state index contributed by atoms with van der Waals surface area (Å²) in [5, 5.41) is 9.73. The van der Waals surface area contributed by atoms with Gasteiger partial charge in [0.1, 0.15) is 9.75 Å². The first-order valence-corrected chi connectivity index (χ1v) is 10.4. The third kappa shape index (κ3) is 3.71. The van der Waals surface area contributed by atoms with Crippen LogP contribution in [0.1, 0.15) is 23.8 Å². The van der Waals surface area contributed by atoms with E-state index >= 15 is 0 Å². The van der Waals surface area contributed by atoms with E-state index in [4.69, 9.17) is 0 Å². The van der Waals surface area contributed by atoms with Crippen LogP contribution in [-0.4, -0.2) is 31.2 Å². The lowest BCUT2D eigenvalue weighted by Gasteiger charge is -2.20. The van der Waals surface area contributed by atoms with Crippen molar-refractivity contribution in [3.8, 4) is 0 Å². The summed E-state index contributed by atoms with van der Waals surface area (Å²) in [4.78, 5) is 12.0. The fourth-order valence-corrected chi connectivity index (χ4v) is 5.85. The molecule has 1 unspecified atom stereocenters. The number of benzene rings is 1. The number of hydrogen-bond acceptors (Lipinski definition) is 4. The molecular weight excluding hydrogens is 415 g/mol. The van der Waals surface area contributed by atoms with Crippen molar-refractivity contribution in [2.45, 2.75) is 34.7 Å². The largest absolute Gasteiger partial charge is 0.480 e. The molecule has 1 aromatic carbocycles. The van der Waals surface area contributed by atoms with Gasteiger partial charge < -0.3 is 5.11 Å². The first-order valence-electron chi connectivity index (χ1n) is 8.08. The molecule has 3 rings (SSSR count). The lowest BCUT2D eigenvalue weighted by molar-refractivity contribution is -0.140. The zero-order valence-electron chi connectivity index (χ0n) is 14.5. The van der Waals surface area contributed by atoms with Gasteiger partial charge in [-0.3, -0.25) is 4.79 Å². The van der Waals surface area contributed by atoms with Crippen LogP contribution < -0.4 is 4.72 Å². The average Bonchev–Trinajstić information content (AvgIpc) is 2.98. The minimum atomic E-state index is -4.51. The van der Waals surface area contributed by atoms with Crippen molar-refractivity contribution in [2.24, 2.45) is 0 Å². The van der Waals surface area contributed by atoms with Crippen molar-refractivity contribution in [1.29, 1.82) is 0 Å². The molecule has 1 heterocycles. The molecule has 10 heteroatoms. The Bertz CT molecular complexity index is 1030. The van der Waals surface area contributed by atoms with Crippen LogP contribution in [0.4, 0.5) is 13.2 Å². The molecule has 0 bridgehead atoms. The van der Waals surface area contributed by atoms with Crippen molar-refractivity contribution in [3.05, 3.63) is 59.0 Å². The van der Waals surface area contributed by atoms with Crippen LogP contribution in [0.25, 0.3) is 6.08 Å². The highest BCUT2D eigenvalue weighted by Gasteiger charge is 2.72. The number of aliphatic carboxylic acids is 1. The molecule has 1 fully saturated rings. The normalized spacial score (nSPS) is 25.1. The highest BCUT2D eigenvalue weighted by atomic mass is 32.2. The highest BCUT2D eigenvalue weighted by molar-refractivity contribution is 7.91. The summed E-state index contributed by atoms with van der Waals surface area (Å²) in [7, 11) is -4.24. The lowest BCUT2D eigenvalue weighted by Crippen LogP contribution is -2.47. The molecule has 0 amide bonds. The van der Waals surface area contributed by atoms with Gasteiger partial charge in [-0.15, -0.1) is 11.3 Å². The molecule has 0 radical (unpaired) electrons. The van der Waals surface area contributed by atoms with E-state index in [1.165, 1.54) is 6.07 Å². The van der Waals surface area contributed by atoms with Crippen LogP contribution in [0.5, 0.6) is 0 Å². The van der Waals surface area contributed by atoms with Crippen LogP contribution in [0, 0.1) is 0 Å². The van der Waals surface area contributed by atoms with Gasteiger partial charge in [0.25, 0.3) is 10.0 Å². The summed E-state index contributed by atoms with van der Waals surface area (Å²) >= 11 is 0.626. The van der Waals surface area contributed by atoms with Crippen molar-refractivity contribution < 1.29 is 31.5 Å². The molecule has 28 heavy (non-hydrogen) atoms. The third-order valence-corrected chi connectivity index (χ3v) is 7.86. The third-order valence-electron chi connectivity index (χ3n) is 4.82. The van der Waals surface area contributed by atoms with Gasteiger partial charge in [-0.25, -0.2) is 8.42 Å². The van der Waals surface area contributed by atoms with E-state index in [2.05, 4.69) is 4.72 Å². The van der Waals surface area contributed by atoms with E-state index in [9.17, 15) is 31.5 Å². The Morgan fingerprint density at radius 1 is 1.21 bits per heavy atom. The Morgan fingerprint density at radius 2 is 1.86 bits per heavy atom. The number of carboxylic acid groups (broad SMARTS) is 1. The zero-order chi connectivity index (χ0) is 20.8. The van der Waals surface area contributed by atoms with E-state index in [1.807, 2.05) is 0 Å². The van der Waals surface area contributed by atoms with Crippen molar-refractivity contribution in [2.75, 3.05) is 0 Å². The average molecular weight is 431 g/mol. The summed E-state index contributed by atoms with van der Waals surface area (Å²) in [6.45, 7) is 1.66. The number of carboxylic acids is 1. The molecule has 2 N–H and O–H groups in total. The second kappa shape index (κ2) is 6.71. The van der Waals surface area contributed by atoms with Crippen molar-refractivity contribution >= 4 is 33.4 Å². The Hall–Kier alpha value is -2.17. The second-order valence-electron chi connectivity index (χ2n) is 6.72. The van der Waals surface area contributed by atoms with Gasteiger partial charge in [0, 0.05) is 16.4 Å². The molecule has 0 aliphatic heterocycles. The molecule has 0 spiro atoms. The first-order chi connectivity index (χ1) is 12.9. The molecule has 2 atom stereocenters. The fourth-order valence-electron chi connectivity index (χ4n) is 3.17. The SMILES string of the molecule is CC1(c2ccccc2)C[C@@]1(NS(=O)(=O)c1ccc(/C=C\C(F)(F)F)s1)C(=O)O. The standard InChI is InChI=1S/C18H16F3NO4S2/c1-16(12-5-3-2-4-6-12)11-17(16,15(23)24)22-28(25,26)14-8-7-13(27-14)9-10-18(19,20)21/h2-10,22H,11H2,1H3,(H,23,24)/b10-9-/t16?,17-/m1/s1. The number of carbonyl (C=O) groups is 1. The van der Waals surface area contributed by atoms with Gasteiger partial charge in [-0.2, -0.15) is 17.9 Å². The molecule has 1 aromatic heterocycles. The van der Waals surface area contributed by atoms with Gasteiger partial charge in [0.15, 0.2) is 0 Å². The minimum absolute atomic E-state index is 0.00869. The number of nitrogens with one attached hydrogen (secondary N) is 1. The summed E-state index contributed by atoms with van der Waals surface area (Å²) < 4.78 is 64.3. The number of rotatable bonds is 6. The van der Waals surface area contributed by atoms with Crippen LogP contribution in [0.15, 0.2) is 52.7 Å². The molecule has 150 valence electrons. The fraction of sp³-hybridized carbons (Fsp3) is 0.278. The Balaban J connectivity index is 1.88. The van der Waals surface area contributed by atoms with E-state index in [0.717, 1.165) is 12.1 Å². The Labute approximate surface area is 163 Å². The molecule has 2 aromatic rings. The molecule has 0 saturated heterocycles. The summed E-state index contributed by atoms with van der Waals surface area (Å²) in [5.74, 6) is -1.31. The lowest BCUT2D eigenvalue weighted by atomic mass is 9.93. The number of allylic oxidation sites excluding steroid dienone is 1. The maximum absolute atomic E-state index is 12.7. The summed E-state index contributed by atoms with van der Waals surface area (Å²) in [6.07, 6.45) is -3.68. The number of hydrogen-bond donors (Lipinski definition) is 2. The topological polar surface area (TPSA) is 83.5 Å². The van der Waals surface area contributed by atoms with Gasteiger partial charge in [0.05, 0.1) is 0 Å². The zero-order valence-corrected chi connectivity index (χ0v) is 16.2. The maximum atomic E-state index is 12.7. The first kappa shape index (κ1) is 20.6. The van der Waals surface area contributed by atoms with E-state index < -0.39 is 33.1 Å². The maximum Gasteiger partial charge on any atom is 0.409 e. The van der Waals surface area contributed by atoms with Crippen molar-refractivity contribution in [3.63, 3.8) is 0 Å². The minimum Gasteiger partial charge on any atom is -0.480 e. The Kier molecular flexibility index (Phi) is 4.93. The monoisotopic (exact) mass is 431 g/mol. The highest BCUT2D eigenvalue weighted by Crippen LogP contribution is 2.58. The number of halogens is 3. The van der Waals surface area contributed by atoms with Gasteiger partial charge in [-0.05, 0) is 30.2 Å². The van der Waals surface area contributed by atoms with Crippen LogP contribution in [0.3, 0.4) is 0 Å². The molecule has 1 saturated carbocycles. The van der Waals surface area contributed by atoms with E-state index in [-0.39, 0.29) is 21.6 Å². The molecule has 1 aliphatic rings. The smallest absolute Gasteiger partial charge is 0.409 e. The van der Waals surface area contributed by atoms with Crippen LogP contribution in [-0.2, 0) is 20.2 Å². The van der Waals surface area contributed by atoms with Crippen LogP contribution >= 0.6 is 11.3 Å². The van der Waals surface area contributed by atoms with Crippen molar-refractivity contribution in [1.82, 2.24) is 4.72 Å². The van der Waals surface area contributed by atoms with Crippen LogP contribution in [0.2, 0.25) is 0 Å². The van der Waals surface area contributed by atoms with Gasteiger partial charge in [0.2, 0.25) is 0 Å². The van der Waals surface area contributed by atoms with Gasteiger partial charge in [-0.1, -0.05) is 37.3 Å². The molecule has 5 nitrogen and oxygen atoms in total. The number of sulfonamides is 1. The molecule has 1 aliphatic carbocycles. The Morgan fingerprint density at radius 3 is 2.43 bits per heavy atom. The predicted molar refractivity (Wildman–Crippen MR) is 98.5 cm³/mol. The van der Waals surface area contributed by atoms with E-state index in [1.54, 1.807) is 37.3 Å². The number of alkyl halides is 3. The number of thiophene rings is 1. The van der Waals surface area contributed by atoms with Gasteiger partial charge >= 0.3 is 12.1 Å². The summed E-state index contributed by atoms with van der Waals surface area (Å²) in [6, 6.07) is 11.1. The van der Waals surface area contributed by atoms with E-state index in [0.29, 0.717) is 16.9 Å². The predicted octanol–water partition coefficient (Wildman–Crippen LogP) is 3.79.